The number of hydrogen-bond donors (Lipinski definition) is 1. The first-order valence-corrected chi connectivity index (χ1v) is 1.57. The van der Waals surface area contributed by atoms with E-state index in [1.807, 2.05) is 0 Å². The second-order valence-corrected chi connectivity index (χ2v) is 0.540. The molecule has 0 aliphatic heterocycles. The van der Waals surface area contributed by atoms with Crippen molar-refractivity contribution in [2.24, 2.45) is 0 Å². The van der Waals surface area contributed by atoms with Crippen molar-refractivity contribution in [2.45, 2.75) is 6.92 Å². The van der Waals surface area contributed by atoms with E-state index in [-0.39, 0.29) is 27.7 Å². The molecule has 0 atom stereocenters. The molecule has 0 amide bonds. The number of aliphatic hydroxyl groups excluding tert-OH is 1. The van der Waals surface area contributed by atoms with Crippen molar-refractivity contribution in [1.82, 2.24) is 0 Å². The van der Waals surface area contributed by atoms with Crippen LogP contribution in [-0.2, 0) is 21.1 Å². The molecule has 1 N–H and O–H groups in total. The Morgan fingerprint density at radius 1 is 1.62 bits per heavy atom. The molecule has 0 unspecified atom stereocenters. The molecular weight excluding hydrogens is 297 g/mol. The SMILES string of the molecule is CCO.O=[N+]([O-])[O-].[Pt]. The molecule has 0 aromatic carbocycles. The maximum Gasteiger partial charge on any atom is 0.0689 e. The largest absolute Gasteiger partial charge is 0.397 e. The predicted octanol–water partition coefficient (Wildman–Crippen LogP) is -0.243. The molecule has 0 heterocycles. The number of nitrogens with zero attached hydrogens (tertiary/aromatic N) is 1. The fourth-order valence-electron chi connectivity index (χ4n) is 0. The standard InChI is InChI=1S/C2H6O.NO3.Pt/c1-2-3;2-1(3)4;/h3H,2H2,1H3;;/q;-1;. The van der Waals surface area contributed by atoms with Gasteiger partial charge >= 0.3 is 0 Å². The summed E-state index contributed by atoms with van der Waals surface area (Å²) >= 11 is 0. The third-order valence-corrected chi connectivity index (χ3v) is 0. The van der Waals surface area contributed by atoms with Gasteiger partial charge < -0.3 is 20.4 Å². The average molecular weight is 303 g/mol. The van der Waals surface area contributed by atoms with Gasteiger partial charge in [0.1, 0.15) is 0 Å². The Labute approximate surface area is 60.7 Å². The minimum Gasteiger partial charge on any atom is -0.397 e. The van der Waals surface area contributed by atoms with Crippen LogP contribution in [0.1, 0.15) is 6.92 Å². The Morgan fingerprint density at radius 3 is 1.62 bits per heavy atom. The van der Waals surface area contributed by atoms with Crippen LogP contribution >= 0.6 is 0 Å². The topological polar surface area (TPSA) is 86.4 Å². The molecule has 0 spiro atoms. The zero-order chi connectivity index (χ0) is 6.28. The molecule has 0 aliphatic rings. The Kier molecular flexibility index (Phi) is 31.0. The van der Waals surface area contributed by atoms with Crippen LogP contribution in [0.5, 0.6) is 0 Å². The van der Waals surface area contributed by atoms with Crippen LogP contribution in [-0.4, -0.2) is 16.8 Å². The minimum absolute atomic E-state index is 0. The second-order valence-electron chi connectivity index (χ2n) is 0.540. The van der Waals surface area contributed by atoms with Crippen molar-refractivity contribution in [2.75, 3.05) is 6.61 Å². The molecule has 0 saturated carbocycles. The minimum atomic E-state index is -1.75. The van der Waals surface area contributed by atoms with Crippen molar-refractivity contribution in [3.8, 4) is 0 Å². The van der Waals surface area contributed by atoms with Crippen LogP contribution < -0.4 is 0 Å². The van der Waals surface area contributed by atoms with Crippen LogP contribution in [0.3, 0.4) is 0 Å². The van der Waals surface area contributed by atoms with Crippen LogP contribution in [0.15, 0.2) is 0 Å². The summed E-state index contributed by atoms with van der Waals surface area (Å²) in [5.41, 5.74) is 0. The van der Waals surface area contributed by atoms with Gasteiger partial charge in [0, 0.05) is 27.7 Å². The zero-order valence-corrected chi connectivity index (χ0v) is 6.41. The molecule has 0 aliphatic carbocycles. The van der Waals surface area contributed by atoms with E-state index in [1.165, 1.54) is 0 Å². The molecule has 8 heavy (non-hydrogen) atoms. The molecule has 0 aromatic heterocycles. The monoisotopic (exact) mass is 303 g/mol. The molecule has 0 aromatic rings. The molecule has 0 fully saturated rings. The van der Waals surface area contributed by atoms with Crippen LogP contribution in [0, 0.1) is 15.3 Å². The van der Waals surface area contributed by atoms with Gasteiger partial charge in [0.15, 0.2) is 0 Å². The summed E-state index contributed by atoms with van der Waals surface area (Å²) in [4.78, 5) is 8.25. The van der Waals surface area contributed by atoms with Gasteiger partial charge in [-0.1, -0.05) is 0 Å². The van der Waals surface area contributed by atoms with E-state index in [9.17, 15) is 0 Å². The van der Waals surface area contributed by atoms with E-state index in [2.05, 4.69) is 0 Å². The van der Waals surface area contributed by atoms with Crippen molar-refractivity contribution in [3.05, 3.63) is 15.3 Å². The van der Waals surface area contributed by atoms with Gasteiger partial charge in [0.05, 0.1) is 5.09 Å². The van der Waals surface area contributed by atoms with Gasteiger partial charge in [-0.3, -0.25) is 0 Å². The number of rotatable bonds is 0. The number of aliphatic hydroxyl groups is 1. The number of hydrogen-bond acceptors (Lipinski definition) is 4. The Bertz CT molecular complexity index is 45.3. The van der Waals surface area contributed by atoms with Gasteiger partial charge in [-0.2, -0.15) is 0 Å². The smallest absolute Gasteiger partial charge is 0.0689 e. The predicted molar refractivity (Wildman–Crippen MR) is 23.1 cm³/mol. The second kappa shape index (κ2) is 15.8. The van der Waals surface area contributed by atoms with E-state index < -0.39 is 5.09 Å². The van der Waals surface area contributed by atoms with Crippen molar-refractivity contribution < 1.29 is 31.3 Å². The molecule has 0 rings (SSSR count). The van der Waals surface area contributed by atoms with Crippen molar-refractivity contribution >= 4 is 0 Å². The van der Waals surface area contributed by atoms with E-state index in [0.717, 1.165) is 0 Å². The summed E-state index contributed by atoms with van der Waals surface area (Å²) in [6, 6.07) is 0. The Morgan fingerprint density at radius 2 is 1.62 bits per heavy atom. The Balaban J connectivity index is -0.0000000575. The van der Waals surface area contributed by atoms with Crippen LogP contribution in [0.25, 0.3) is 0 Å². The molecular formula is C2H6NO4Pt-. The van der Waals surface area contributed by atoms with Crippen LogP contribution in [0.4, 0.5) is 0 Å². The molecule has 54 valence electrons. The van der Waals surface area contributed by atoms with Gasteiger partial charge in [0.2, 0.25) is 0 Å². The van der Waals surface area contributed by atoms with Gasteiger partial charge in [-0.25, -0.2) is 0 Å². The van der Waals surface area contributed by atoms with Gasteiger partial charge in [-0.15, -0.1) is 0 Å². The fraction of sp³-hybridized carbons (Fsp3) is 1.00. The first-order valence-electron chi connectivity index (χ1n) is 1.57. The molecule has 0 radical (unpaired) electrons. The first kappa shape index (κ1) is 15.7. The molecule has 0 saturated heterocycles. The summed E-state index contributed by atoms with van der Waals surface area (Å²) in [5.74, 6) is 0. The fourth-order valence-corrected chi connectivity index (χ4v) is 0. The summed E-state index contributed by atoms with van der Waals surface area (Å²) in [6.07, 6.45) is 0. The van der Waals surface area contributed by atoms with E-state index in [1.54, 1.807) is 6.92 Å². The molecule has 6 heteroatoms. The van der Waals surface area contributed by atoms with Crippen molar-refractivity contribution in [1.29, 1.82) is 0 Å². The Hall–Kier alpha value is -0.152. The summed E-state index contributed by atoms with van der Waals surface area (Å²) in [6.45, 7) is 1.93. The maximum absolute atomic E-state index is 8.25. The third-order valence-electron chi connectivity index (χ3n) is 0. The van der Waals surface area contributed by atoms with Crippen molar-refractivity contribution in [3.63, 3.8) is 0 Å². The summed E-state index contributed by atoms with van der Waals surface area (Å²) in [7, 11) is 0. The molecule has 5 nitrogen and oxygen atoms in total. The first-order chi connectivity index (χ1) is 3.15. The van der Waals surface area contributed by atoms with E-state index in [4.69, 9.17) is 20.4 Å². The van der Waals surface area contributed by atoms with Crippen LogP contribution in [0.2, 0.25) is 0 Å². The van der Waals surface area contributed by atoms with E-state index in [0.29, 0.717) is 0 Å². The van der Waals surface area contributed by atoms with Gasteiger partial charge in [0.25, 0.3) is 0 Å². The summed E-state index contributed by atoms with van der Waals surface area (Å²) in [5, 5.41) is 22.3. The van der Waals surface area contributed by atoms with Gasteiger partial charge in [-0.05, 0) is 6.92 Å². The maximum atomic E-state index is 8.25. The van der Waals surface area contributed by atoms with E-state index >= 15 is 0 Å². The average Bonchev–Trinajstić information content (AvgIpc) is 1.33. The quantitative estimate of drug-likeness (QED) is 0.494. The zero-order valence-electron chi connectivity index (χ0n) is 4.14. The normalized spacial score (nSPS) is 5.25. The third kappa shape index (κ3) is 5970. The summed E-state index contributed by atoms with van der Waals surface area (Å²) < 4.78 is 0. The molecule has 0 bridgehead atoms.